The largest absolute Gasteiger partial charge is 0.480 e. The van der Waals surface area contributed by atoms with E-state index in [1.807, 2.05) is 12.2 Å². The number of allylic oxidation sites excluding steroid dienone is 1. The summed E-state index contributed by atoms with van der Waals surface area (Å²) >= 11 is 1.27. The van der Waals surface area contributed by atoms with Gasteiger partial charge in [0.1, 0.15) is 6.04 Å². The zero-order valence-electron chi connectivity index (χ0n) is 16.3. The van der Waals surface area contributed by atoms with Gasteiger partial charge in [0.15, 0.2) is 0 Å². The van der Waals surface area contributed by atoms with E-state index in [1.54, 1.807) is 0 Å². The van der Waals surface area contributed by atoms with Gasteiger partial charge in [-0.1, -0.05) is 76.9 Å². The number of hydrogen-bond donors (Lipinski definition) is 4. The first-order valence-electron chi connectivity index (χ1n) is 10.1. The molecule has 0 spiro atoms. The summed E-state index contributed by atoms with van der Waals surface area (Å²) in [6.07, 6.45) is 16.9. The van der Waals surface area contributed by atoms with Crippen LogP contribution >= 0.6 is 11.8 Å². The van der Waals surface area contributed by atoms with E-state index in [-0.39, 0.29) is 17.6 Å². The zero-order valence-corrected chi connectivity index (χ0v) is 17.1. The van der Waals surface area contributed by atoms with Gasteiger partial charge in [0.05, 0.1) is 18.0 Å². The Morgan fingerprint density at radius 2 is 1.58 bits per heavy atom. The van der Waals surface area contributed by atoms with Gasteiger partial charge in [0, 0.05) is 5.75 Å². The van der Waals surface area contributed by atoms with Crippen molar-refractivity contribution in [3.8, 4) is 0 Å². The van der Waals surface area contributed by atoms with Crippen molar-refractivity contribution >= 4 is 17.7 Å². The van der Waals surface area contributed by atoms with Crippen molar-refractivity contribution in [3.05, 3.63) is 12.2 Å². The van der Waals surface area contributed by atoms with Gasteiger partial charge in [-0.25, -0.2) is 0 Å². The van der Waals surface area contributed by atoms with Crippen LogP contribution in [0.3, 0.4) is 0 Å². The molecule has 0 saturated carbocycles. The van der Waals surface area contributed by atoms with Crippen LogP contribution in [0.25, 0.3) is 0 Å². The average molecular weight is 390 g/mol. The molecule has 5 N–H and O–H groups in total. The third-order valence-corrected chi connectivity index (χ3v) is 5.81. The van der Waals surface area contributed by atoms with E-state index in [4.69, 9.17) is 15.9 Å². The lowest BCUT2D eigenvalue weighted by Gasteiger charge is -2.18. The number of thioether (sulfide) groups is 1. The van der Waals surface area contributed by atoms with Crippen LogP contribution in [0.4, 0.5) is 0 Å². The Kier molecular flexibility index (Phi) is 17.4. The lowest BCUT2D eigenvalue weighted by molar-refractivity contribution is -0.137. The molecule has 0 aromatic carbocycles. The maximum absolute atomic E-state index is 10.8. The van der Waals surface area contributed by atoms with Crippen LogP contribution in [0.1, 0.15) is 77.6 Å². The minimum absolute atomic E-state index is 0.208. The number of nitrogens with two attached hydrogens (primary N) is 1. The molecule has 154 valence electrons. The molecule has 3 unspecified atom stereocenters. The minimum atomic E-state index is -1.05. The minimum Gasteiger partial charge on any atom is -0.480 e. The number of aliphatic hydroxyl groups is 2. The van der Waals surface area contributed by atoms with Gasteiger partial charge in [-0.3, -0.25) is 4.79 Å². The van der Waals surface area contributed by atoms with Crippen LogP contribution in [0.2, 0.25) is 0 Å². The molecule has 0 aromatic rings. The van der Waals surface area contributed by atoms with Gasteiger partial charge < -0.3 is 21.1 Å². The van der Waals surface area contributed by atoms with E-state index in [0.717, 1.165) is 12.8 Å². The van der Waals surface area contributed by atoms with Gasteiger partial charge in [0.2, 0.25) is 0 Å². The fraction of sp³-hybridized carbons (Fsp3) is 0.850. The van der Waals surface area contributed by atoms with Gasteiger partial charge in [-0.05, 0) is 12.8 Å². The zero-order chi connectivity index (χ0) is 19.6. The Morgan fingerprint density at radius 3 is 2.08 bits per heavy atom. The van der Waals surface area contributed by atoms with Crippen LogP contribution in [0.15, 0.2) is 12.2 Å². The topological polar surface area (TPSA) is 104 Å². The van der Waals surface area contributed by atoms with Gasteiger partial charge >= 0.3 is 5.97 Å². The number of aliphatic carboxylic acids is 1. The van der Waals surface area contributed by atoms with Gasteiger partial charge in [-0.15, -0.1) is 11.8 Å². The molecule has 0 bridgehead atoms. The first kappa shape index (κ1) is 25.4. The summed E-state index contributed by atoms with van der Waals surface area (Å²) in [5.41, 5.74) is 5.49. The van der Waals surface area contributed by atoms with Crippen molar-refractivity contribution in [3.63, 3.8) is 0 Å². The molecule has 0 fully saturated rings. The molecule has 0 saturated heterocycles. The number of rotatable bonds is 18. The van der Waals surface area contributed by atoms with Crippen molar-refractivity contribution in [2.24, 2.45) is 5.73 Å². The van der Waals surface area contributed by atoms with E-state index < -0.39 is 18.1 Å². The smallest absolute Gasteiger partial charge is 0.321 e. The summed E-state index contributed by atoms with van der Waals surface area (Å²) in [5, 5.41) is 27.4. The number of hydrogen-bond acceptors (Lipinski definition) is 5. The molecule has 0 aliphatic carbocycles. The highest BCUT2D eigenvalue weighted by molar-refractivity contribution is 8.00. The van der Waals surface area contributed by atoms with Crippen molar-refractivity contribution in [2.75, 3.05) is 12.4 Å². The van der Waals surface area contributed by atoms with Gasteiger partial charge in [-0.2, -0.15) is 0 Å². The van der Waals surface area contributed by atoms with E-state index >= 15 is 0 Å². The van der Waals surface area contributed by atoms with E-state index in [1.165, 1.54) is 69.5 Å². The maximum Gasteiger partial charge on any atom is 0.321 e. The van der Waals surface area contributed by atoms with E-state index in [9.17, 15) is 9.90 Å². The van der Waals surface area contributed by atoms with Crippen molar-refractivity contribution < 1.29 is 20.1 Å². The molecule has 0 amide bonds. The molecule has 0 aliphatic rings. The average Bonchev–Trinajstić information content (AvgIpc) is 2.63. The molecule has 0 rings (SSSR count). The van der Waals surface area contributed by atoms with Crippen molar-refractivity contribution in [1.29, 1.82) is 0 Å². The summed E-state index contributed by atoms with van der Waals surface area (Å²) in [4.78, 5) is 10.8. The molecule has 5 nitrogen and oxygen atoms in total. The predicted molar refractivity (Wildman–Crippen MR) is 111 cm³/mol. The molecule has 0 aromatic heterocycles. The third kappa shape index (κ3) is 14.6. The second kappa shape index (κ2) is 17.8. The van der Waals surface area contributed by atoms with Crippen LogP contribution in [0.5, 0.6) is 0 Å². The maximum atomic E-state index is 10.8. The first-order valence-corrected chi connectivity index (χ1v) is 11.1. The molecule has 3 atom stereocenters. The fourth-order valence-electron chi connectivity index (χ4n) is 2.66. The van der Waals surface area contributed by atoms with Crippen LogP contribution in [0, 0.1) is 0 Å². The molecular formula is C20H39NO4S. The molecule has 26 heavy (non-hydrogen) atoms. The number of carboxylic acid groups (broad SMARTS) is 1. The Bertz CT molecular complexity index is 366. The summed E-state index contributed by atoms with van der Waals surface area (Å²) in [6.45, 7) is 1.90. The first-order chi connectivity index (χ1) is 12.5. The Morgan fingerprint density at radius 1 is 1.04 bits per heavy atom. The number of aliphatic hydroxyl groups excluding tert-OH is 2. The molecule has 0 radical (unpaired) electrons. The second-order valence-electron chi connectivity index (χ2n) is 6.89. The SMILES string of the molecule is CCCCCCCCCCCCC=CC(SCC(N)C(=O)O)C(O)CO. The van der Waals surface area contributed by atoms with Crippen molar-refractivity contribution in [1.82, 2.24) is 0 Å². The second-order valence-corrected chi connectivity index (χ2v) is 8.10. The normalized spacial score (nSPS) is 15.2. The molecular weight excluding hydrogens is 350 g/mol. The van der Waals surface area contributed by atoms with E-state index in [2.05, 4.69) is 6.92 Å². The highest BCUT2D eigenvalue weighted by Crippen LogP contribution is 2.18. The Hall–Kier alpha value is -0.560. The summed E-state index contributed by atoms with van der Waals surface area (Å²) in [7, 11) is 0. The van der Waals surface area contributed by atoms with Crippen LogP contribution in [-0.2, 0) is 4.79 Å². The number of carbonyl (C=O) groups is 1. The third-order valence-electron chi connectivity index (χ3n) is 4.40. The highest BCUT2D eigenvalue weighted by Gasteiger charge is 2.19. The molecule has 0 aliphatic heterocycles. The van der Waals surface area contributed by atoms with Crippen molar-refractivity contribution in [2.45, 2.75) is 94.9 Å². The predicted octanol–water partition coefficient (Wildman–Crippen LogP) is 3.72. The molecule has 6 heteroatoms. The monoisotopic (exact) mass is 389 g/mol. The quantitative estimate of drug-likeness (QED) is 0.210. The van der Waals surface area contributed by atoms with E-state index in [0.29, 0.717) is 0 Å². The van der Waals surface area contributed by atoms with Crippen LogP contribution in [-0.4, -0.2) is 51.0 Å². The Balaban J connectivity index is 3.80. The summed E-state index contributed by atoms with van der Waals surface area (Å²) in [6, 6.07) is -0.955. The van der Waals surface area contributed by atoms with Crippen LogP contribution < -0.4 is 5.73 Å². The van der Waals surface area contributed by atoms with Gasteiger partial charge in [0.25, 0.3) is 0 Å². The Labute approximate surface area is 163 Å². The summed E-state index contributed by atoms with van der Waals surface area (Å²) in [5.74, 6) is -0.844. The lowest BCUT2D eigenvalue weighted by Crippen LogP contribution is -2.35. The fourth-order valence-corrected chi connectivity index (χ4v) is 3.77. The highest BCUT2D eigenvalue weighted by atomic mass is 32.2. The number of unbranched alkanes of at least 4 members (excludes halogenated alkanes) is 10. The summed E-state index contributed by atoms with van der Waals surface area (Å²) < 4.78 is 0. The number of carboxylic acids is 1. The standard InChI is InChI=1S/C20H39NO4S/c1-2-3-4-5-6-7-8-9-10-11-12-13-14-19(18(23)15-22)26-16-17(21)20(24)25/h13-14,17-19,22-23H,2-12,15-16,21H2,1H3,(H,24,25). The molecule has 0 heterocycles. The lowest BCUT2D eigenvalue weighted by atomic mass is 10.1.